The predicted molar refractivity (Wildman–Crippen MR) is 65.3 cm³/mol. The van der Waals surface area contributed by atoms with E-state index >= 15 is 0 Å². The van der Waals surface area contributed by atoms with Crippen LogP contribution in [0.1, 0.15) is 5.56 Å². The van der Waals surface area contributed by atoms with Crippen LogP contribution in [0.3, 0.4) is 0 Å². The Kier molecular flexibility index (Phi) is 3.92. The largest absolute Gasteiger partial charge is 0.336 e. The fraction of sp³-hybridized carbons (Fsp3) is 0.143. The second-order valence-corrected chi connectivity index (χ2v) is 4.15. The van der Waals surface area contributed by atoms with Gasteiger partial charge in [-0.2, -0.15) is 0 Å². The maximum absolute atomic E-state index is 13.7. The van der Waals surface area contributed by atoms with E-state index in [1.54, 1.807) is 0 Å². The fourth-order valence-electron chi connectivity index (χ4n) is 1.94. The second kappa shape index (κ2) is 5.48. The Labute approximate surface area is 112 Å². The van der Waals surface area contributed by atoms with Crippen LogP contribution in [-0.4, -0.2) is 17.9 Å². The van der Waals surface area contributed by atoms with Gasteiger partial charge in [0.2, 0.25) is 0 Å². The van der Waals surface area contributed by atoms with Gasteiger partial charge < -0.3 is 4.90 Å². The Morgan fingerprint density at radius 3 is 2.25 bits per heavy atom. The first kappa shape index (κ1) is 14.3. The summed E-state index contributed by atoms with van der Waals surface area (Å²) in [7, 11) is 0. The number of alkyl halides is 2. The molecule has 0 fully saturated rings. The summed E-state index contributed by atoms with van der Waals surface area (Å²) in [5.41, 5.74) is -0.503. The summed E-state index contributed by atoms with van der Waals surface area (Å²) in [6, 6.07) is 1.00. The molecule has 0 saturated carbocycles. The first-order valence-corrected chi connectivity index (χ1v) is 5.68. The van der Waals surface area contributed by atoms with Crippen molar-refractivity contribution in [3.8, 4) is 0 Å². The minimum absolute atomic E-state index is 0.118. The lowest BCUT2D eigenvalue weighted by Gasteiger charge is -2.30. The van der Waals surface area contributed by atoms with E-state index in [4.69, 9.17) is 0 Å². The van der Waals surface area contributed by atoms with Gasteiger partial charge in [-0.1, -0.05) is 12.7 Å². The summed E-state index contributed by atoms with van der Waals surface area (Å²) >= 11 is 0. The van der Waals surface area contributed by atoms with Crippen LogP contribution in [0.2, 0.25) is 0 Å². The quantitative estimate of drug-likeness (QED) is 0.757. The van der Waals surface area contributed by atoms with Crippen LogP contribution in [-0.2, 0) is 0 Å². The standard InChI is InChI=1S/C14H10F5N/c1-8-3-2-4-12(20(8)7-13(18)19)14-10(16)5-9(15)6-11(14)17/h2-6,13H,1,7H2. The Bertz CT molecular complexity index is 581. The molecule has 1 aliphatic rings. The molecule has 0 unspecified atom stereocenters. The van der Waals surface area contributed by atoms with Crippen LogP contribution in [0, 0.1) is 17.5 Å². The van der Waals surface area contributed by atoms with E-state index in [1.165, 1.54) is 18.2 Å². The summed E-state index contributed by atoms with van der Waals surface area (Å²) in [6.45, 7) is 2.79. The van der Waals surface area contributed by atoms with E-state index in [-0.39, 0.29) is 11.4 Å². The van der Waals surface area contributed by atoms with Gasteiger partial charge >= 0.3 is 0 Å². The number of nitrogens with zero attached hydrogens (tertiary/aromatic N) is 1. The van der Waals surface area contributed by atoms with Crippen molar-refractivity contribution in [2.45, 2.75) is 6.43 Å². The molecule has 6 heteroatoms. The third-order valence-corrected chi connectivity index (χ3v) is 2.76. The van der Waals surface area contributed by atoms with Crippen LogP contribution in [0.25, 0.3) is 5.70 Å². The van der Waals surface area contributed by atoms with Crippen molar-refractivity contribution in [3.05, 3.63) is 65.7 Å². The summed E-state index contributed by atoms with van der Waals surface area (Å²) in [6.07, 6.45) is 1.43. The molecule has 0 atom stereocenters. The Morgan fingerprint density at radius 1 is 1.10 bits per heavy atom. The number of hydrogen-bond acceptors (Lipinski definition) is 1. The van der Waals surface area contributed by atoms with Gasteiger partial charge in [0, 0.05) is 17.8 Å². The summed E-state index contributed by atoms with van der Waals surface area (Å²) in [5.74, 6) is -3.39. The van der Waals surface area contributed by atoms with E-state index < -0.39 is 36.0 Å². The molecule has 1 aromatic rings. The van der Waals surface area contributed by atoms with Gasteiger partial charge in [0.25, 0.3) is 6.43 Å². The van der Waals surface area contributed by atoms with Gasteiger partial charge in [0.15, 0.2) is 0 Å². The highest BCUT2D eigenvalue weighted by Crippen LogP contribution is 2.31. The van der Waals surface area contributed by atoms with Gasteiger partial charge in [0.1, 0.15) is 17.5 Å². The molecule has 0 N–H and O–H groups in total. The van der Waals surface area contributed by atoms with Gasteiger partial charge in [-0.3, -0.25) is 0 Å². The molecule has 106 valence electrons. The van der Waals surface area contributed by atoms with Crippen LogP contribution in [0.15, 0.2) is 42.6 Å². The normalized spacial score (nSPS) is 15.0. The third-order valence-electron chi connectivity index (χ3n) is 2.76. The van der Waals surface area contributed by atoms with Crippen LogP contribution < -0.4 is 0 Å². The highest BCUT2D eigenvalue weighted by Gasteiger charge is 2.25. The molecule has 1 aliphatic heterocycles. The van der Waals surface area contributed by atoms with Crippen molar-refractivity contribution in [1.82, 2.24) is 4.90 Å². The number of benzene rings is 1. The first-order valence-electron chi connectivity index (χ1n) is 5.68. The van der Waals surface area contributed by atoms with E-state index in [0.717, 1.165) is 4.90 Å². The maximum atomic E-state index is 13.7. The van der Waals surface area contributed by atoms with Crippen molar-refractivity contribution in [3.63, 3.8) is 0 Å². The second-order valence-electron chi connectivity index (χ2n) is 4.15. The first-order chi connectivity index (χ1) is 9.40. The molecule has 0 aromatic heterocycles. The highest BCUT2D eigenvalue weighted by molar-refractivity contribution is 5.70. The van der Waals surface area contributed by atoms with Crippen LogP contribution in [0.5, 0.6) is 0 Å². The number of hydrogen-bond donors (Lipinski definition) is 0. The summed E-state index contributed by atoms with van der Waals surface area (Å²) in [5, 5.41) is 0. The maximum Gasteiger partial charge on any atom is 0.256 e. The summed E-state index contributed by atoms with van der Waals surface area (Å²) < 4.78 is 65.5. The van der Waals surface area contributed by atoms with E-state index in [1.807, 2.05) is 0 Å². The number of allylic oxidation sites excluding steroid dienone is 3. The zero-order chi connectivity index (χ0) is 14.9. The molecule has 0 aliphatic carbocycles. The molecule has 20 heavy (non-hydrogen) atoms. The average Bonchev–Trinajstić information content (AvgIpc) is 2.31. The van der Waals surface area contributed by atoms with Crippen molar-refractivity contribution >= 4 is 5.70 Å². The van der Waals surface area contributed by atoms with Gasteiger partial charge in [-0.25, -0.2) is 22.0 Å². The third kappa shape index (κ3) is 2.74. The minimum atomic E-state index is -2.71. The molecule has 1 heterocycles. The molecule has 2 rings (SSSR count). The molecule has 0 radical (unpaired) electrons. The van der Waals surface area contributed by atoms with E-state index in [9.17, 15) is 22.0 Å². The molecular weight excluding hydrogens is 277 g/mol. The number of halogens is 5. The van der Waals surface area contributed by atoms with Gasteiger partial charge in [0.05, 0.1) is 17.8 Å². The van der Waals surface area contributed by atoms with Crippen molar-refractivity contribution in [2.24, 2.45) is 0 Å². The molecular formula is C14H10F5N. The SMILES string of the molecule is C=C1C=CC=C(c2c(F)cc(F)cc2F)N1CC(F)F. The smallest absolute Gasteiger partial charge is 0.256 e. The molecule has 1 aromatic carbocycles. The zero-order valence-corrected chi connectivity index (χ0v) is 10.2. The Balaban J connectivity index is 2.51. The van der Waals surface area contributed by atoms with E-state index in [0.29, 0.717) is 12.1 Å². The molecule has 0 spiro atoms. The lowest BCUT2D eigenvalue weighted by molar-refractivity contribution is 0.123. The fourth-order valence-corrected chi connectivity index (χ4v) is 1.94. The van der Waals surface area contributed by atoms with Crippen LogP contribution >= 0.6 is 0 Å². The van der Waals surface area contributed by atoms with E-state index in [2.05, 4.69) is 6.58 Å². The number of rotatable bonds is 3. The topological polar surface area (TPSA) is 3.24 Å². The lowest BCUT2D eigenvalue weighted by Crippen LogP contribution is -2.28. The average molecular weight is 287 g/mol. The monoisotopic (exact) mass is 287 g/mol. The Hall–Kier alpha value is -2.11. The van der Waals surface area contributed by atoms with Gasteiger partial charge in [-0.15, -0.1) is 0 Å². The zero-order valence-electron chi connectivity index (χ0n) is 10.2. The van der Waals surface area contributed by atoms with Gasteiger partial charge in [-0.05, 0) is 12.2 Å². The molecule has 0 saturated heterocycles. The van der Waals surface area contributed by atoms with Crippen molar-refractivity contribution < 1.29 is 22.0 Å². The molecule has 0 amide bonds. The Morgan fingerprint density at radius 2 is 1.70 bits per heavy atom. The minimum Gasteiger partial charge on any atom is -0.336 e. The van der Waals surface area contributed by atoms with Crippen molar-refractivity contribution in [2.75, 3.05) is 6.54 Å². The molecule has 0 bridgehead atoms. The van der Waals surface area contributed by atoms with Crippen LogP contribution in [0.4, 0.5) is 22.0 Å². The predicted octanol–water partition coefficient (Wildman–Crippen LogP) is 4.10. The molecule has 1 nitrogen and oxygen atoms in total. The lowest BCUT2D eigenvalue weighted by atomic mass is 10.1. The van der Waals surface area contributed by atoms with Crippen molar-refractivity contribution in [1.29, 1.82) is 0 Å². The summed E-state index contributed by atoms with van der Waals surface area (Å²) in [4.78, 5) is 0.990. The highest BCUT2D eigenvalue weighted by atomic mass is 19.3.